The summed E-state index contributed by atoms with van der Waals surface area (Å²) >= 11 is 0. The van der Waals surface area contributed by atoms with Crippen molar-refractivity contribution in [3.8, 4) is 0 Å². The van der Waals surface area contributed by atoms with Gasteiger partial charge in [-0.15, -0.1) is 0 Å². The first kappa shape index (κ1) is 13.7. The van der Waals surface area contributed by atoms with Gasteiger partial charge >= 0.3 is 5.97 Å². The van der Waals surface area contributed by atoms with Crippen LogP contribution in [0.25, 0.3) is 0 Å². The molecule has 2 heterocycles. The molecular weight excluding hydrogens is 246 g/mol. The van der Waals surface area contributed by atoms with Crippen molar-refractivity contribution in [3.63, 3.8) is 0 Å². The van der Waals surface area contributed by atoms with Gasteiger partial charge < -0.3 is 5.11 Å². The molecule has 1 fully saturated rings. The first-order valence-electron chi connectivity index (χ1n) is 6.52. The number of carbonyl (C=O) groups excluding carboxylic acids is 1. The van der Waals surface area contributed by atoms with Crippen molar-refractivity contribution in [1.29, 1.82) is 0 Å². The summed E-state index contributed by atoms with van der Waals surface area (Å²) in [5, 5.41) is 13.1. The lowest BCUT2D eigenvalue weighted by Crippen LogP contribution is -2.40. The van der Waals surface area contributed by atoms with E-state index in [-0.39, 0.29) is 11.5 Å². The van der Waals surface area contributed by atoms with Crippen molar-refractivity contribution in [2.45, 2.75) is 26.3 Å². The molecule has 0 aliphatic carbocycles. The van der Waals surface area contributed by atoms with Crippen LogP contribution in [0.2, 0.25) is 0 Å². The molecule has 1 unspecified atom stereocenters. The van der Waals surface area contributed by atoms with Gasteiger partial charge in [-0.1, -0.05) is 6.92 Å². The second-order valence-electron chi connectivity index (χ2n) is 4.99. The molecule has 19 heavy (non-hydrogen) atoms. The highest BCUT2D eigenvalue weighted by molar-refractivity contribution is 5.88. The third-order valence-electron chi connectivity index (χ3n) is 3.77. The average Bonchev–Trinajstić information content (AvgIpc) is 2.73. The van der Waals surface area contributed by atoms with Gasteiger partial charge in [0.15, 0.2) is 0 Å². The van der Waals surface area contributed by atoms with Gasteiger partial charge in [0.2, 0.25) is 0 Å². The van der Waals surface area contributed by atoms with Crippen LogP contribution < -0.4 is 0 Å². The third kappa shape index (κ3) is 2.84. The smallest absolute Gasteiger partial charge is 0.339 e. The number of hydrogen-bond donors (Lipinski definition) is 1. The van der Waals surface area contributed by atoms with E-state index in [2.05, 4.69) is 10.00 Å². The Kier molecular flexibility index (Phi) is 3.99. The molecule has 6 heteroatoms. The molecule has 0 aromatic carbocycles. The van der Waals surface area contributed by atoms with E-state index in [1.165, 1.54) is 6.20 Å². The summed E-state index contributed by atoms with van der Waals surface area (Å²) in [4.78, 5) is 24.9. The molecule has 1 aliphatic rings. The zero-order valence-corrected chi connectivity index (χ0v) is 11.3. The zero-order chi connectivity index (χ0) is 14.0. The van der Waals surface area contributed by atoms with Crippen molar-refractivity contribution in [2.24, 2.45) is 13.0 Å². The lowest BCUT2D eigenvalue weighted by Gasteiger charge is -2.31. The van der Waals surface area contributed by atoms with Crippen LogP contribution in [-0.4, -0.2) is 44.6 Å². The third-order valence-corrected chi connectivity index (χ3v) is 3.77. The molecule has 0 bridgehead atoms. The van der Waals surface area contributed by atoms with E-state index in [0.29, 0.717) is 37.5 Å². The number of aromatic nitrogens is 2. The average molecular weight is 265 g/mol. The monoisotopic (exact) mass is 265 g/mol. The Morgan fingerprint density at radius 1 is 1.58 bits per heavy atom. The second-order valence-corrected chi connectivity index (χ2v) is 4.99. The maximum absolute atomic E-state index is 11.7. The number of likely N-dealkylation sites (tertiary alicyclic amines) is 1. The molecule has 1 atom stereocenters. The van der Waals surface area contributed by atoms with E-state index >= 15 is 0 Å². The first-order chi connectivity index (χ1) is 9.02. The Bertz CT molecular complexity index is 495. The quantitative estimate of drug-likeness (QED) is 0.876. The van der Waals surface area contributed by atoms with Gasteiger partial charge in [-0.05, 0) is 6.42 Å². The van der Waals surface area contributed by atoms with Crippen molar-refractivity contribution in [3.05, 3.63) is 17.5 Å². The summed E-state index contributed by atoms with van der Waals surface area (Å²) in [5.74, 6) is -0.555. The molecule has 0 amide bonds. The van der Waals surface area contributed by atoms with Crippen LogP contribution >= 0.6 is 0 Å². The van der Waals surface area contributed by atoms with E-state index in [1.807, 2.05) is 6.92 Å². The minimum Gasteiger partial charge on any atom is -0.478 e. The van der Waals surface area contributed by atoms with Gasteiger partial charge in [0.05, 0.1) is 11.9 Å². The largest absolute Gasteiger partial charge is 0.478 e. The maximum Gasteiger partial charge on any atom is 0.339 e. The highest BCUT2D eigenvalue weighted by Crippen LogP contribution is 2.19. The van der Waals surface area contributed by atoms with Gasteiger partial charge in [0, 0.05) is 39.0 Å². The van der Waals surface area contributed by atoms with Gasteiger partial charge in [-0.3, -0.25) is 14.4 Å². The van der Waals surface area contributed by atoms with Crippen LogP contribution in [-0.2, 0) is 18.4 Å². The van der Waals surface area contributed by atoms with Crippen LogP contribution in [0.4, 0.5) is 0 Å². The minimum absolute atomic E-state index is 0.0789. The summed E-state index contributed by atoms with van der Waals surface area (Å²) < 4.78 is 1.60. The number of carbonyl (C=O) groups is 2. The molecule has 104 valence electrons. The number of carboxylic acids is 1. The molecular formula is C13H19N3O3. The number of aromatic carboxylic acids is 1. The number of rotatable bonds is 4. The Labute approximate surface area is 112 Å². The van der Waals surface area contributed by atoms with Crippen LogP contribution in [0.3, 0.4) is 0 Å². The van der Waals surface area contributed by atoms with Crippen LogP contribution in [0.1, 0.15) is 35.8 Å². The first-order valence-corrected chi connectivity index (χ1v) is 6.52. The molecule has 1 aliphatic heterocycles. The number of Topliss-reactive ketones (excluding diaryl/α,β-unsaturated/α-hetero) is 1. The van der Waals surface area contributed by atoms with E-state index in [4.69, 9.17) is 5.11 Å². The summed E-state index contributed by atoms with van der Waals surface area (Å²) in [6, 6.07) is 0. The highest BCUT2D eigenvalue weighted by atomic mass is 16.4. The zero-order valence-electron chi connectivity index (χ0n) is 11.3. The molecule has 1 N–H and O–H groups in total. The number of ketones is 1. The Morgan fingerprint density at radius 2 is 2.32 bits per heavy atom. The normalized spacial score (nSPS) is 20.7. The minimum atomic E-state index is -0.955. The van der Waals surface area contributed by atoms with Gasteiger partial charge in [-0.2, -0.15) is 5.10 Å². The molecule has 6 nitrogen and oxygen atoms in total. The highest BCUT2D eigenvalue weighted by Gasteiger charge is 2.27. The van der Waals surface area contributed by atoms with Crippen molar-refractivity contribution < 1.29 is 14.7 Å². The molecule has 0 radical (unpaired) electrons. The number of nitrogens with zero attached hydrogens (tertiary/aromatic N) is 3. The lowest BCUT2D eigenvalue weighted by molar-refractivity contribution is -0.126. The van der Waals surface area contributed by atoms with E-state index in [1.54, 1.807) is 11.7 Å². The molecule has 0 saturated carbocycles. The van der Waals surface area contributed by atoms with Gasteiger partial charge in [-0.25, -0.2) is 4.79 Å². The topological polar surface area (TPSA) is 75.4 Å². The SMILES string of the molecule is CCC1CN(Cc2c(C(=O)O)cnn2C)CCC1=O. The van der Waals surface area contributed by atoms with Crippen LogP contribution in [0.15, 0.2) is 6.20 Å². The van der Waals surface area contributed by atoms with E-state index in [9.17, 15) is 9.59 Å². The molecule has 2 rings (SSSR count). The van der Waals surface area contributed by atoms with Crippen molar-refractivity contribution in [1.82, 2.24) is 14.7 Å². The molecule has 0 spiro atoms. The Balaban J connectivity index is 2.11. The predicted octanol–water partition coefficient (Wildman–Crippen LogP) is 0.919. The van der Waals surface area contributed by atoms with E-state index < -0.39 is 5.97 Å². The fraction of sp³-hybridized carbons (Fsp3) is 0.615. The number of hydrogen-bond acceptors (Lipinski definition) is 4. The van der Waals surface area contributed by atoms with Crippen LogP contribution in [0, 0.1) is 5.92 Å². The van der Waals surface area contributed by atoms with E-state index in [0.717, 1.165) is 6.42 Å². The standard InChI is InChI=1S/C13H19N3O3/c1-3-9-7-16(5-4-12(9)17)8-11-10(13(18)19)6-14-15(11)2/h6,9H,3-5,7-8H2,1-2H3,(H,18,19). The van der Waals surface area contributed by atoms with Crippen molar-refractivity contribution in [2.75, 3.05) is 13.1 Å². The van der Waals surface area contributed by atoms with Crippen molar-refractivity contribution >= 4 is 11.8 Å². The number of carboxylic acid groups (broad SMARTS) is 1. The molecule has 1 saturated heterocycles. The summed E-state index contributed by atoms with van der Waals surface area (Å²) in [6.45, 7) is 3.94. The lowest BCUT2D eigenvalue weighted by atomic mass is 9.94. The molecule has 1 aromatic heterocycles. The summed E-state index contributed by atoms with van der Waals surface area (Å²) in [6.07, 6.45) is 2.77. The fourth-order valence-corrected chi connectivity index (χ4v) is 2.52. The van der Waals surface area contributed by atoms with Gasteiger partial charge in [0.1, 0.15) is 11.3 Å². The number of aryl methyl sites for hydroxylation is 1. The summed E-state index contributed by atoms with van der Waals surface area (Å²) in [7, 11) is 1.74. The Hall–Kier alpha value is -1.69. The van der Waals surface area contributed by atoms with Crippen LogP contribution in [0.5, 0.6) is 0 Å². The fourth-order valence-electron chi connectivity index (χ4n) is 2.52. The number of piperidine rings is 1. The second kappa shape index (κ2) is 5.52. The Morgan fingerprint density at radius 3 is 2.95 bits per heavy atom. The predicted molar refractivity (Wildman–Crippen MR) is 68.8 cm³/mol. The summed E-state index contributed by atoms with van der Waals surface area (Å²) in [5.41, 5.74) is 0.934. The maximum atomic E-state index is 11.7. The molecule has 1 aromatic rings. The van der Waals surface area contributed by atoms with Gasteiger partial charge in [0.25, 0.3) is 0 Å².